The van der Waals surface area contributed by atoms with Gasteiger partial charge in [0.05, 0.1) is 31.6 Å². The number of methoxy groups -OCH3 is 2. The van der Waals surface area contributed by atoms with Gasteiger partial charge < -0.3 is 14.4 Å². The molecule has 0 fully saturated rings. The van der Waals surface area contributed by atoms with Gasteiger partial charge in [0.1, 0.15) is 5.56 Å². The number of rotatable bonds is 4. The molecule has 0 radical (unpaired) electrons. The molecule has 1 unspecified atom stereocenters. The smallest absolute Gasteiger partial charge is 0.260 e. The summed E-state index contributed by atoms with van der Waals surface area (Å²) in [6, 6.07) is 3.30. The molecule has 1 aliphatic heterocycles. The summed E-state index contributed by atoms with van der Waals surface area (Å²) in [5.41, 5.74) is 2.65. The second-order valence-corrected chi connectivity index (χ2v) is 5.46. The minimum Gasteiger partial charge on any atom is -0.480 e. The number of aromatic nitrogens is 3. The number of hydrogen-bond donors (Lipinski definition) is 0. The largest absolute Gasteiger partial charge is 0.480 e. The van der Waals surface area contributed by atoms with Gasteiger partial charge in [-0.25, -0.2) is 4.98 Å². The van der Waals surface area contributed by atoms with Gasteiger partial charge in [-0.3, -0.25) is 9.48 Å². The predicted octanol–water partition coefficient (Wildman–Crippen LogP) is 1.21. The number of pyridine rings is 1. The molecule has 7 nitrogen and oxygen atoms in total. The van der Waals surface area contributed by atoms with Crippen LogP contribution >= 0.6 is 0 Å². The Labute approximate surface area is 134 Å². The number of carbonyl (C=O) groups excluding carboxylic acids is 1. The van der Waals surface area contributed by atoms with Gasteiger partial charge >= 0.3 is 0 Å². The van der Waals surface area contributed by atoms with E-state index in [0.717, 1.165) is 17.7 Å². The van der Waals surface area contributed by atoms with Gasteiger partial charge in [0.2, 0.25) is 5.88 Å². The van der Waals surface area contributed by atoms with Crippen molar-refractivity contribution in [2.24, 2.45) is 7.05 Å². The average Bonchev–Trinajstić information content (AvgIpc) is 2.96. The molecule has 1 atom stereocenters. The zero-order valence-electron chi connectivity index (χ0n) is 13.5. The Kier molecular flexibility index (Phi) is 4.29. The lowest BCUT2D eigenvalue weighted by molar-refractivity contribution is 0.0481. The molecule has 0 aromatic carbocycles. The van der Waals surface area contributed by atoms with E-state index in [-0.39, 0.29) is 11.9 Å². The van der Waals surface area contributed by atoms with E-state index in [1.807, 2.05) is 22.8 Å². The van der Waals surface area contributed by atoms with E-state index < -0.39 is 0 Å². The molecule has 7 heteroatoms. The van der Waals surface area contributed by atoms with E-state index in [1.54, 1.807) is 25.4 Å². The molecule has 23 heavy (non-hydrogen) atoms. The first kappa shape index (κ1) is 15.5. The third-order valence-corrected chi connectivity index (χ3v) is 4.16. The molecule has 2 aromatic rings. The number of carbonyl (C=O) groups is 1. The molecule has 0 bridgehead atoms. The summed E-state index contributed by atoms with van der Waals surface area (Å²) in [5, 5.41) is 4.32. The highest BCUT2D eigenvalue weighted by Crippen LogP contribution is 2.31. The average molecular weight is 316 g/mol. The van der Waals surface area contributed by atoms with Crippen molar-refractivity contribution in [2.45, 2.75) is 12.5 Å². The van der Waals surface area contributed by atoms with E-state index in [0.29, 0.717) is 24.6 Å². The van der Waals surface area contributed by atoms with Gasteiger partial charge in [0, 0.05) is 26.9 Å². The molecule has 0 aliphatic carbocycles. The molecule has 3 rings (SSSR count). The maximum atomic E-state index is 13.0. The van der Waals surface area contributed by atoms with Gasteiger partial charge in [0.25, 0.3) is 5.91 Å². The first-order valence-electron chi connectivity index (χ1n) is 7.47. The minimum absolute atomic E-state index is 0.108. The summed E-state index contributed by atoms with van der Waals surface area (Å²) in [5.74, 6) is 0.230. The third kappa shape index (κ3) is 2.68. The fourth-order valence-electron chi connectivity index (χ4n) is 3.10. The first-order chi connectivity index (χ1) is 11.2. The van der Waals surface area contributed by atoms with E-state index >= 15 is 0 Å². The quantitative estimate of drug-likeness (QED) is 0.848. The highest BCUT2D eigenvalue weighted by molar-refractivity contribution is 5.96. The van der Waals surface area contributed by atoms with E-state index in [4.69, 9.17) is 9.47 Å². The number of hydrogen-bond acceptors (Lipinski definition) is 5. The maximum Gasteiger partial charge on any atom is 0.260 e. The van der Waals surface area contributed by atoms with Gasteiger partial charge in [-0.15, -0.1) is 0 Å². The molecule has 2 aromatic heterocycles. The van der Waals surface area contributed by atoms with Crippen molar-refractivity contribution in [2.75, 3.05) is 27.4 Å². The summed E-state index contributed by atoms with van der Waals surface area (Å²) in [6.07, 6.45) is 4.25. The summed E-state index contributed by atoms with van der Waals surface area (Å²) in [6.45, 7) is 1.03. The van der Waals surface area contributed by atoms with Crippen LogP contribution in [0.2, 0.25) is 0 Å². The summed E-state index contributed by atoms with van der Waals surface area (Å²) in [7, 11) is 5.04. The van der Waals surface area contributed by atoms with Crippen molar-refractivity contribution in [1.82, 2.24) is 19.7 Å². The predicted molar refractivity (Wildman–Crippen MR) is 83.4 cm³/mol. The Bertz CT molecular complexity index is 713. The van der Waals surface area contributed by atoms with Crippen LogP contribution < -0.4 is 4.74 Å². The molecular weight excluding hydrogens is 296 g/mol. The highest BCUT2D eigenvalue weighted by Gasteiger charge is 2.35. The number of fused-ring (bicyclic) bond motifs is 1. The SMILES string of the molecule is COCC1c2c(cnn2C)CCN1C(=O)c1cccnc1OC. The molecule has 1 amide bonds. The first-order valence-corrected chi connectivity index (χ1v) is 7.47. The number of ether oxygens (including phenoxy) is 2. The molecule has 122 valence electrons. The van der Waals surface area contributed by atoms with Gasteiger partial charge in [-0.1, -0.05) is 0 Å². The molecular formula is C16H20N4O3. The van der Waals surface area contributed by atoms with Crippen molar-refractivity contribution >= 4 is 5.91 Å². The van der Waals surface area contributed by atoms with Crippen LogP contribution in [0.15, 0.2) is 24.5 Å². The lowest BCUT2D eigenvalue weighted by Crippen LogP contribution is -2.42. The fraction of sp³-hybridized carbons (Fsp3) is 0.438. The van der Waals surface area contributed by atoms with Crippen LogP contribution in [-0.4, -0.2) is 52.9 Å². The van der Waals surface area contributed by atoms with Crippen LogP contribution in [0.25, 0.3) is 0 Å². The second kappa shape index (κ2) is 6.37. The molecule has 1 aliphatic rings. The zero-order chi connectivity index (χ0) is 16.4. The van der Waals surface area contributed by atoms with Crippen LogP contribution in [0.1, 0.15) is 27.7 Å². The fourth-order valence-corrected chi connectivity index (χ4v) is 3.10. The zero-order valence-corrected chi connectivity index (χ0v) is 13.5. The number of aryl methyl sites for hydroxylation is 1. The Hall–Kier alpha value is -2.41. The van der Waals surface area contributed by atoms with Crippen LogP contribution in [0, 0.1) is 0 Å². The van der Waals surface area contributed by atoms with Crippen molar-refractivity contribution in [3.8, 4) is 5.88 Å². The van der Waals surface area contributed by atoms with Crippen molar-refractivity contribution in [3.63, 3.8) is 0 Å². The standard InChI is InChI=1S/C16H20N4O3/c1-19-14-11(9-18-19)6-8-20(13(14)10-22-2)16(21)12-5-4-7-17-15(12)23-3/h4-5,7,9,13H,6,8,10H2,1-3H3. The van der Waals surface area contributed by atoms with Crippen molar-refractivity contribution in [1.29, 1.82) is 0 Å². The normalized spacial score (nSPS) is 17.0. The number of amides is 1. The molecule has 0 saturated heterocycles. The lowest BCUT2D eigenvalue weighted by Gasteiger charge is -2.35. The Balaban J connectivity index is 1.98. The molecule has 0 N–H and O–H groups in total. The number of nitrogens with zero attached hydrogens (tertiary/aromatic N) is 4. The summed E-state index contributed by atoms with van der Waals surface area (Å²) >= 11 is 0. The summed E-state index contributed by atoms with van der Waals surface area (Å²) < 4.78 is 12.4. The van der Waals surface area contributed by atoms with Gasteiger partial charge in [-0.2, -0.15) is 5.10 Å². The van der Waals surface area contributed by atoms with Crippen LogP contribution in [0.3, 0.4) is 0 Å². The van der Waals surface area contributed by atoms with E-state index in [2.05, 4.69) is 10.1 Å². The van der Waals surface area contributed by atoms with Gasteiger partial charge in [0.15, 0.2) is 0 Å². The third-order valence-electron chi connectivity index (χ3n) is 4.16. The molecule has 3 heterocycles. The maximum absolute atomic E-state index is 13.0. The van der Waals surface area contributed by atoms with E-state index in [1.165, 1.54) is 7.11 Å². The van der Waals surface area contributed by atoms with Crippen LogP contribution in [0.4, 0.5) is 0 Å². The van der Waals surface area contributed by atoms with Gasteiger partial charge in [-0.05, 0) is 24.1 Å². The molecule has 0 saturated carbocycles. The Morgan fingerprint density at radius 2 is 2.26 bits per heavy atom. The second-order valence-electron chi connectivity index (χ2n) is 5.46. The minimum atomic E-state index is -0.173. The van der Waals surface area contributed by atoms with Crippen LogP contribution in [0.5, 0.6) is 5.88 Å². The highest BCUT2D eigenvalue weighted by atomic mass is 16.5. The van der Waals surface area contributed by atoms with E-state index in [9.17, 15) is 4.79 Å². The molecule has 0 spiro atoms. The summed E-state index contributed by atoms with van der Waals surface area (Å²) in [4.78, 5) is 19.0. The Morgan fingerprint density at radius 3 is 3.00 bits per heavy atom. The monoisotopic (exact) mass is 316 g/mol. The van der Waals surface area contributed by atoms with Crippen molar-refractivity contribution < 1.29 is 14.3 Å². The topological polar surface area (TPSA) is 69.5 Å². The Morgan fingerprint density at radius 1 is 1.43 bits per heavy atom. The van der Waals surface area contributed by atoms with Crippen LogP contribution in [-0.2, 0) is 18.2 Å². The van der Waals surface area contributed by atoms with Crippen molar-refractivity contribution in [3.05, 3.63) is 41.3 Å². The lowest BCUT2D eigenvalue weighted by atomic mass is 9.99.